The van der Waals surface area contributed by atoms with Gasteiger partial charge in [0.15, 0.2) is 0 Å². The monoisotopic (exact) mass is 451 g/mol. The molecule has 1 rings (SSSR count). The molecule has 0 aliphatic heterocycles. The van der Waals surface area contributed by atoms with Gasteiger partial charge in [0.2, 0.25) is 0 Å². The highest BCUT2D eigenvalue weighted by Gasteiger charge is 2.41. The zero-order chi connectivity index (χ0) is 24.5. The first kappa shape index (κ1) is 26.9. The summed E-state index contributed by atoms with van der Waals surface area (Å²) in [6.45, 7) is 9.64. The molecule has 0 bridgehead atoms. The molecule has 32 heavy (non-hydrogen) atoms. The van der Waals surface area contributed by atoms with Crippen LogP contribution in [0.1, 0.15) is 59.9 Å². The Kier molecular flexibility index (Phi) is 9.68. The van der Waals surface area contributed by atoms with E-state index in [0.717, 1.165) is 0 Å². The number of hydrogen-bond donors (Lipinski definition) is 0. The van der Waals surface area contributed by atoms with E-state index in [1.807, 2.05) is 6.07 Å². The predicted molar refractivity (Wildman–Crippen MR) is 116 cm³/mol. The van der Waals surface area contributed by atoms with E-state index >= 15 is 0 Å². The van der Waals surface area contributed by atoms with Crippen molar-refractivity contribution in [2.45, 2.75) is 78.2 Å². The number of ether oxygens (including phenoxy) is 4. The standard InChI is InChI=1S/C23H33NO8/c1-22(2,3)31-20(27)24(21(28)32-23(4,5)6)17(13-14-18(25)29-7)19(26)30-15-16-11-9-8-10-12-16/h8-12,17H,13-15H2,1-7H3/t17-/m0/s1. The number of carbonyl (C=O) groups is 4. The van der Waals surface area contributed by atoms with Crippen LogP contribution in [0.25, 0.3) is 0 Å². The Morgan fingerprint density at radius 3 is 1.81 bits per heavy atom. The van der Waals surface area contributed by atoms with Crippen LogP contribution in [0, 0.1) is 0 Å². The van der Waals surface area contributed by atoms with Crippen molar-refractivity contribution < 1.29 is 38.1 Å². The van der Waals surface area contributed by atoms with E-state index in [4.69, 9.17) is 14.2 Å². The van der Waals surface area contributed by atoms with Crippen LogP contribution in [0.15, 0.2) is 30.3 Å². The van der Waals surface area contributed by atoms with E-state index in [1.165, 1.54) is 7.11 Å². The number of nitrogens with zero attached hydrogens (tertiary/aromatic N) is 1. The first-order valence-electron chi connectivity index (χ1n) is 10.3. The quantitative estimate of drug-likeness (QED) is 0.448. The van der Waals surface area contributed by atoms with E-state index in [0.29, 0.717) is 10.5 Å². The molecule has 9 heteroatoms. The molecule has 1 atom stereocenters. The molecule has 0 N–H and O–H groups in total. The van der Waals surface area contributed by atoms with Crippen molar-refractivity contribution in [2.24, 2.45) is 0 Å². The SMILES string of the molecule is COC(=O)CC[C@@H](C(=O)OCc1ccccc1)N(C(=O)OC(C)(C)C)C(=O)OC(C)(C)C. The lowest BCUT2D eigenvalue weighted by Gasteiger charge is -2.32. The van der Waals surface area contributed by atoms with Gasteiger partial charge in [-0.3, -0.25) is 4.79 Å². The van der Waals surface area contributed by atoms with E-state index in [2.05, 4.69) is 4.74 Å². The minimum absolute atomic E-state index is 0.0785. The minimum Gasteiger partial charge on any atom is -0.469 e. The van der Waals surface area contributed by atoms with Crippen molar-refractivity contribution in [3.63, 3.8) is 0 Å². The third kappa shape index (κ3) is 9.80. The molecule has 0 aliphatic carbocycles. The Hall–Kier alpha value is -3.10. The molecule has 1 aromatic rings. The number of methoxy groups -OCH3 is 1. The maximum Gasteiger partial charge on any atom is 0.420 e. The number of rotatable bonds is 7. The van der Waals surface area contributed by atoms with Gasteiger partial charge in [-0.1, -0.05) is 30.3 Å². The Labute approximate surface area is 188 Å². The number of benzene rings is 1. The second-order valence-electron chi connectivity index (χ2n) is 9.05. The van der Waals surface area contributed by atoms with Gasteiger partial charge in [-0.15, -0.1) is 0 Å². The van der Waals surface area contributed by atoms with Gasteiger partial charge in [-0.2, -0.15) is 4.90 Å². The van der Waals surface area contributed by atoms with Crippen molar-refractivity contribution in [1.29, 1.82) is 0 Å². The molecule has 2 amide bonds. The molecule has 0 spiro atoms. The Bertz CT molecular complexity index is 764. The maximum atomic E-state index is 13.0. The van der Waals surface area contributed by atoms with Gasteiger partial charge < -0.3 is 18.9 Å². The van der Waals surface area contributed by atoms with Crippen LogP contribution in [0.3, 0.4) is 0 Å². The molecule has 0 saturated carbocycles. The third-order valence-electron chi connectivity index (χ3n) is 3.84. The highest BCUT2D eigenvalue weighted by Crippen LogP contribution is 2.20. The highest BCUT2D eigenvalue weighted by atomic mass is 16.6. The van der Waals surface area contributed by atoms with Gasteiger partial charge >= 0.3 is 24.1 Å². The van der Waals surface area contributed by atoms with Crippen molar-refractivity contribution in [3.05, 3.63) is 35.9 Å². The number of carbonyl (C=O) groups excluding carboxylic acids is 4. The Balaban J connectivity index is 3.23. The lowest BCUT2D eigenvalue weighted by Crippen LogP contribution is -2.52. The molecular formula is C23H33NO8. The van der Waals surface area contributed by atoms with Crippen molar-refractivity contribution in [3.8, 4) is 0 Å². The van der Waals surface area contributed by atoms with Crippen LogP contribution in [-0.4, -0.2) is 53.4 Å². The van der Waals surface area contributed by atoms with Crippen LogP contribution in [0.5, 0.6) is 0 Å². The summed E-state index contributed by atoms with van der Waals surface area (Å²) in [7, 11) is 1.20. The van der Waals surface area contributed by atoms with Gasteiger partial charge in [0.1, 0.15) is 23.9 Å². The second kappa shape index (κ2) is 11.5. The lowest BCUT2D eigenvalue weighted by atomic mass is 10.1. The fourth-order valence-corrected chi connectivity index (χ4v) is 2.49. The normalized spacial score (nSPS) is 12.3. The van der Waals surface area contributed by atoms with Crippen LogP contribution in [0.2, 0.25) is 0 Å². The van der Waals surface area contributed by atoms with Gasteiger partial charge in [0.05, 0.1) is 7.11 Å². The molecule has 0 heterocycles. The second-order valence-corrected chi connectivity index (χ2v) is 9.05. The Morgan fingerprint density at radius 1 is 0.875 bits per heavy atom. The van der Waals surface area contributed by atoms with E-state index < -0.39 is 41.4 Å². The van der Waals surface area contributed by atoms with Crippen molar-refractivity contribution in [2.75, 3.05) is 7.11 Å². The highest BCUT2D eigenvalue weighted by molar-refractivity contribution is 5.94. The summed E-state index contributed by atoms with van der Waals surface area (Å²) in [5, 5.41) is 0. The van der Waals surface area contributed by atoms with E-state index in [1.54, 1.807) is 65.8 Å². The summed E-state index contributed by atoms with van der Waals surface area (Å²) in [5.41, 5.74) is -1.18. The Morgan fingerprint density at radius 2 is 1.38 bits per heavy atom. The fraction of sp³-hybridized carbons (Fsp3) is 0.565. The summed E-state index contributed by atoms with van der Waals surface area (Å²) in [6.07, 6.45) is -2.63. The molecule has 178 valence electrons. The fourth-order valence-electron chi connectivity index (χ4n) is 2.49. The zero-order valence-electron chi connectivity index (χ0n) is 19.8. The molecule has 0 radical (unpaired) electrons. The van der Waals surface area contributed by atoms with Gasteiger partial charge in [-0.25, -0.2) is 14.4 Å². The average molecular weight is 452 g/mol. The smallest absolute Gasteiger partial charge is 0.420 e. The first-order valence-corrected chi connectivity index (χ1v) is 10.3. The van der Waals surface area contributed by atoms with Crippen LogP contribution < -0.4 is 0 Å². The van der Waals surface area contributed by atoms with Crippen LogP contribution in [0.4, 0.5) is 9.59 Å². The van der Waals surface area contributed by atoms with Gasteiger partial charge in [-0.05, 0) is 53.5 Å². The molecule has 9 nitrogen and oxygen atoms in total. The molecule has 1 aromatic carbocycles. The minimum atomic E-state index is -1.46. The summed E-state index contributed by atoms with van der Waals surface area (Å²) >= 11 is 0. The zero-order valence-corrected chi connectivity index (χ0v) is 19.8. The van der Waals surface area contributed by atoms with E-state index in [-0.39, 0.29) is 19.4 Å². The molecule has 0 saturated heterocycles. The number of hydrogen-bond acceptors (Lipinski definition) is 8. The molecule has 0 aromatic heterocycles. The van der Waals surface area contributed by atoms with Crippen LogP contribution in [-0.2, 0) is 35.1 Å². The number of amides is 2. The predicted octanol–water partition coefficient (Wildman–Crippen LogP) is 4.22. The molecule has 0 aliphatic rings. The summed E-state index contributed by atoms with van der Waals surface area (Å²) in [5.74, 6) is -1.49. The third-order valence-corrected chi connectivity index (χ3v) is 3.84. The van der Waals surface area contributed by atoms with E-state index in [9.17, 15) is 19.2 Å². The molecular weight excluding hydrogens is 418 g/mol. The average Bonchev–Trinajstić information content (AvgIpc) is 2.66. The summed E-state index contributed by atoms with van der Waals surface area (Å²) < 4.78 is 20.6. The number of imide groups is 1. The molecule has 0 unspecified atom stereocenters. The lowest BCUT2D eigenvalue weighted by molar-refractivity contribution is -0.152. The molecule has 0 fully saturated rings. The first-order chi connectivity index (χ1) is 14.7. The maximum absolute atomic E-state index is 13.0. The van der Waals surface area contributed by atoms with Gasteiger partial charge in [0.25, 0.3) is 0 Å². The van der Waals surface area contributed by atoms with Crippen molar-refractivity contribution in [1.82, 2.24) is 4.90 Å². The van der Waals surface area contributed by atoms with Gasteiger partial charge in [0, 0.05) is 6.42 Å². The summed E-state index contributed by atoms with van der Waals surface area (Å²) in [6, 6.07) is 7.45. The largest absolute Gasteiger partial charge is 0.469 e. The van der Waals surface area contributed by atoms with Crippen LogP contribution >= 0.6 is 0 Å². The summed E-state index contributed by atoms with van der Waals surface area (Å²) in [4.78, 5) is 51.0. The number of esters is 2. The van der Waals surface area contributed by atoms with Crippen molar-refractivity contribution >= 4 is 24.1 Å². The topological polar surface area (TPSA) is 108 Å².